The molecule has 7 nitrogen and oxygen atoms in total. The van der Waals surface area contributed by atoms with E-state index in [0.29, 0.717) is 19.6 Å². The number of hydrogen-bond donors (Lipinski definition) is 1. The Morgan fingerprint density at radius 3 is 2.57 bits per heavy atom. The van der Waals surface area contributed by atoms with Crippen molar-refractivity contribution in [3.8, 4) is 0 Å². The van der Waals surface area contributed by atoms with Crippen molar-refractivity contribution in [1.29, 1.82) is 0 Å². The zero-order valence-electron chi connectivity index (χ0n) is 14.2. The lowest BCUT2D eigenvalue weighted by Crippen LogP contribution is -2.51. The minimum Gasteiger partial charge on any atom is -0.444 e. The number of likely N-dealkylation sites (tertiary alicyclic amines) is 2. The summed E-state index contributed by atoms with van der Waals surface area (Å²) in [5.41, 5.74) is 4.76. The lowest BCUT2D eigenvalue weighted by molar-refractivity contribution is -0.129. The molecule has 0 aromatic rings. The van der Waals surface area contributed by atoms with Gasteiger partial charge in [-0.2, -0.15) is 0 Å². The molecule has 2 heterocycles. The fourth-order valence-corrected chi connectivity index (χ4v) is 3.14. The summed E-state index contributed by atoms with van der Waals surface area (Å²) in [5.74, 6) is -0.918. The monoisotopic (exact) mass is 325 g/mol. The summed E-state index contributed by atoms with van der Waals surface area (Å²) >= 11 is 0. The first-order valence-electron chi connectivity index (χ1n) is 8.24. The molecule has 3 amide bonds. The molecule has 0 bridgehead atoms. The Morgan fingerprint density at radius 1 is 1.30 bits per heavy atom. The van der Waals surface area contributed by atoms with Crippen molar-refractivity contribution in [2.45, 2.75) is 58.1 Å². The van der Waals surface area contributed by atoms with Gasteiger partial charge in [0, 0.05) is 26.1 Å². The van der Waals surface area contributed by atoms with Crippen LogP contribution in [0.4, 0.5) is 4.79 Å². The molecule has 2 saturated heterocycles. The average molecular weight is 325 g/mol. The predicted octanol–water partition coefficient (Wildman–Crippen LogP) is 1.11. The molecule has 130 valence electrons. The zero-order valence-corrected chi connectivity index (χ0v) is 14.2. The molecular weight excluding hydrogens is 298 g/mol. The summed E-state index contributed by atoms with van der Waals surface area (Å²) in [5, 5.41) is 0. The summed E-state index contributed by atoms with van der Waals surface area (Å²) in [7, 11) is 0. The Kier molecular flexibility index (Phi) is 5.16. The van der Waals surface area contributed by atoms with Gasteiger partial charge in [-0.25, -0.2) is 4.79 Å². The quantitative estimate of drug-likeness (QED) is 0.841. The molecule has 2 unspecified atom stereocenters. The molecule has 0 saturated carbocycles. The molecule has 23 heavy (non-hydrogen) atoms. The van der Waals surface area contributed by atoms with Gasteiger partial charge in [-0.15, -0.1) is 0 Å². The first-order valence-corrected chi connectivity index (χ1v) is 8.24. The van der Waals surface area contributed by atoms with Crippen LogP contribution >= 0.6 is 0 Å². The number of amides is 3. The third-order valence-electron chi connectivity index (χ3n) is 4.30. The van der Waals surface area contributed by atoms with Gasteiger partial charge in [-0.05, 0) is 40.0 Å². The number of piperidine rings is 1. The topological polar surface area (TPSA) is 92.9 Å². The number of nitrogens with zero attached hydrogens (tertiary/aromatic N) is 2. The highest BCUT2D eigenvalue weighted by atomic mass is 16.6. The standard InChI is InChI=1S/C16H27N3O4/c1-16(2,3)23-15(22)19-7-5-4-6-12(19)10-18-9-11(14(17)21)8-13(18)20/h11-12H,4-10H2,1-3H3,(H2,17,21). The molecular formula is C16H27N3O4. The Morgan fingerprint density at radius 2 is 2.00 bits per heavy atom. The maximum atomic E-state index is 12.4. The predicted molar refractivity (Wildman–Crippen MR) is 84.5 cm³/mol. The van der Waals surface area contributed by atoms with E-state index in [4.69, 9.17) is 10.5 Å². The fourth-order valence-electron chi connectivity index (χ4n) is 3.14. The number of rotatable bonds is 3. The Balaban J connectivity index is 2.00. The molecule has 2 N–H and O–H groups in total. The van der Waals surface area contributed by atoms with Crippen molar-refractivity contribution in [3.63, 3.8) is 0 Å². The van der Waals surface area contributed by atoms with Gasteiger partial charge in [0.05, 0.1) is 12.0 Å². The van der Waals surface area contributed by atoms with Gasteiger partial charge in [-0.1, -0.05) is 0 Å². The summed E-state index contributed by atoms with van der Waals surface area (Å²) < 4.78 is 5.47. The first kappa shape index (κ1) is 17.6. The number of hydrogen-bond acceptors (Lipinski definition) is 4. The first-order chi connectivity index (χ1) is 10.7. The largest absolute Gasteiger partial charge is 0.444 e. The van der Waals surface area contributed by atoms with Crippen LogP contribution in [0.15, 0.2) is 0 Å². The van der Waals surface area contributed by atoms with Gasteiger partial charge >= 0.3 is 6.09 Å². The second-order valence-electron chi connectivity index (χ2n) is 7.43. The lowest BCUT2D eigenvalue weighted by atomic mass is 10.0. The van der Waals surface area contributed by atoms with E-state index < -0.39 is 17.4 Å². The van der Waals surface area contributed by atoms with Crippen molar-refractivity contribution in [1.82, 2.24) is 9.80 Å². The summed E-state index contributed by atoms with van der Waals surface area (Å²) in [6.45, 7) is 6.96. The molecule has 2 fully saturated rings. The minimum absolute atomic E-state index is 0.0609. The molecule has 0 aromatic carbocycles. The number of nitrogens with two attached hydrogens (primary N) is 1. The zero-order chi connectivity index (χ0) is 17.2. The van der Waals surface area contributed by atoms with Gasteiger partial charge in [0.15, 0.2) is 0 Å². The van der Waals surface area contributed by atoms with Crippen LogP contribution in [-0.2, 0) is 14.3 Å². The maximum absolute atomic E-state index is 12.4. The highest BCUT2D eigenvalue weighted by molar-refractivity contribution is 5.88. The summed E-state index contributed by atoms with van der Waals surface area (Å²) in [6, 6.07) is -0.0609. The summed E-state index contributed by atoms with van der Waals surface area (Å²) in [4.78, 5) is 39.1. The second-order valence-corrected chi connectivity index (χ2v) is 7.43. The van der Waals surface area contributed by atoms with Crippen molar-refractivity contribution < 1.29 is 19.1 Å². The molecule has 7 heteroatoms. The highest BCUT2D eigenvalue weighted by Gasteiger charge is 2.37. The van der Waals surface area contributed by atoms with Gasteiger partial charge < -0.3 is 20.3 Å². The summed E-state index contributed by atoms with van der Waals surface area (Å²) in [6.07, 6.45) is 2.64. The van der Waals surface area contributed by atoms with Crippen LogP contribution in [-0.4, -0.2) is 59.0 Å². The Bertz CT molecular complexity index is 486. The molecule has 0 radical (unpaired) electrons. The number of ether oxygens (including phenoxy) is 1. The van der Waals surface area contributed by atoms with Crippen molar-refractivity contribution in [2.24, 2.45) is 11.7 Å². The van der Waals surface area contributed by atoms with Crippen LogP contribution in [0.25, 0.3) is 0 Å². The third kappa shape index (κ3) is 4.59. The van der Waals surface area contributed by atoms with Crippen LogP contribution in [0, 0.1) is 5.92 Å². The van der Waals surface area contributed by atoms with E-state index in [-0.39, 0.29) is 24.5 Å². The van der Waals surface area contributed by atoms with Crippen molar-refractivity contribution in [3.05, 3.63) is 0 Å². The van der Waals surface area contributed by atoms with Crippen LogP contribution in [0.3, 0.4) is 0 Å². The SMILES string of the molecule is CC(C)(C)OC(=O)N1CCCCC1CN1CC(C(N)=O)CC1=O. The van der Waals surface area contributed by atoms with E-state index in [1.807, 2.05) is 20.8 Å². The highest BCUT2D eigenvalue weighted by Crippen LogP contribution is 2.24. The molecule has 0 spiro atoms. The lowest BCUT2D eigenvalue weighted by Gasteiger charge is -2.38. The van der Waals surface area contributed by atoms with Crippen LogP contribution in [0.2, 0.25) is 0 Å². The van der Waals surface area contributed by atoms with Gasteiger partial charge in [0.25, 0.3) is 0 Å². The Hall–Kier alpha value is -1.79. The second kappa shape index (κ2) is 6.76. The molecule has 2 aliphatic heterocycles. The minimum atomic E-state index is -0.542. The fraction of sp³-hybridized carbons (Fsp3) is 0.812. The van der Waals surface area contributed by atoms with Crippen LogP contribution < -0.4 is 5.73 Å². The van der Waals surface area contributed by atoms with E-state index in [2.05, 4.69) is 0 Å². The van der Waals surface area contributed by atoms with E-state index in [0.717, 1.165) is 19.3 Å². The van der Waals surface area contributed by atoms with E-state index in [1.54, 1.807) is 9.80 Å². The number of primary amides is 1. The molecule has 2 rings (SSSR count). The van der Waals surface area contributed by atoms with Crippen LogP contribution in [0.5, 0.6) is 0 Å². The van der Waals surface area contributed by atoms with Crippen LogP contribution in [0.1, 0.15) is 46.5 Å². The smallest absolute Gasteiger partial charge is 0.410 e. The Labute approximate surface area is 137 Å². The third-order valence-corrected chi connectivity index (χ3v) is 4.30. The van der Waals surface area contributed by atoms with Crippen molar-refractivity contribution >= 4 is 17.9 Å². The average Bonchev–Trinajstić information content (AvgIpc) is 2.79. The van der Waals surface area contributed by atoms with E-state index in [9.17, 15) is 14.4 Å². The number of carbonyl (C=O) groups is 3. The number of carbonyl (C=O) groups excluding carboxylic acids is 3. The van der Waals surface area contributed by atoms with Gasteiger partial charge in [0.2, 0.25) is 11.8 Å². The maximum Gasteiger partial charge on any atom is 0.410 e. The molecule has 0 aliphatic carbocycles. The van der Waals surface area contributed by atoms with Crippen molar-refractivity contribution in [2.75, 3.05) is 19.6 Å². The van der Waals surface area contributed by atoms with E-state index >= 15 is 0 Å². The van der Waals surface area contributed by atoms with Gasteiger partial charge in [0.1, 0.15) is 5.60 Å². The molecule has 2 aliphatic rings. The normalized spacial score (nSPS) is 25.6. The molecule has 0 aromatic heterocycles. The molecule has 2 atom stereocenters. The van der Waals surface area contributed by atoms with Gasteiger partial charge in [-0.3, -0.25) is 9.59 Å². The van der Waals surface area contributed by atoms with E-state index in [1.165, 1.54) is 0 Å².